The quantitative estimate of drug-likeness (QED) is 0.313. The van der Waals surface area contributed by atoms with E-state index in [0.717, 1.165) is 0 Å². The Morgan fingerprint density at radius 3 is 1.73 bits per heavy atom. The third-order valence-corrected chi connectivity index (χ3v) is 18.4. The topological polar surface area (TPSA) is 15.3 Å². The van der Waals surface area contributed by atoms with Crippen LogP contribution >= 0.6 is 11.8 Å². The summed E-state index contributed by atoms with van der Waals surface area (Å²) in [6.07, 6.45) is 20.8. The summed E-state index contributed by atoms with van der Waals surface area (Å²) in [5.74, 6) is 2.64. The van der Waals surface area contributed by atoms with Gasteiger partial charge < -0.3 is 10.2 Å². The summed E-state index contributed by atoms with van der Waals surface area (Å²) in [6, 6.07) is 0. The van der Waals surface area contributed by atoms with E-state index in [1.165, 1.54) is 102 Å². The molecule has 0 radical (unpaired) electrons. The van der Waals surface area contributed by atoms with Gasteiger partial charge in [0.1, 0.15) is 0 Å². The summed E-state index contributed by atoms with van der Waals surface area (Å²) in [5, 5.41) is 4.37. The molecule has 0 aromatic rings. The molecule has 0 aromatic carbocycles. The van der Waals surface area contributed by atoms with Crippen molar-refractivity contribution in [2.75, 3.05) is 37.7 Å². The van der Waals surface area contributed by atoms with E-state index in [9.17, 15) is 0 Å². The van der Waals surface area contributed by atoms with E-state index >= 15 is 0 Å². The Morgan fingerprint density at radius 1 is 0.682 bits per heavy atom. The first-order chi connectivity index (χ1) is 20.5. The normalized spacial score (nSPS) is 49.1. The molecule has 254 valence electrons. The second-order valence-electron chi connectivity index (χ2n) is 17.9. The summed E-state index contributed by atoms with van der Waals surface area (Å²) >= 11 is 2.13. The van der Waals surface area contributed by atoms with E-state index in [1.807, 2.05) is 20.8 Å². The molecule has 4 saturated carbocycles. The molecular weight excluding hydrogens is 553 g/mol. The average molecular weight is 627 g/mol. The molecule has 5 fully saturated rings. The van der Waals surface area contributed by atoms with E-state index in [0.29, 0.717) is 43.4 Å². The number of fused-ring (bicyclic) bond motifs is 7. The molecule has 44 heavy (non-hydrogen) atoms. The lowest BCUT2D eigenvalue weighted by molar-refractivity contribution is -0.328. The van der Waals surface area contributed by atoms with Crippen molar-refractivity contribution in [2.45, 2.75) is 153 Å². The summed E-state index contributed by atoms with van der Waals surface area (Å²) in [7, 11) is 0. The molecule has 0 bridgehead atoms. The number of nitrogens with zero attached hydrogens (tertiary/aromatic N) is 1. The van der Waals surface area contributed by atoms with Gasteiger partial charge in [-0.25, -0.2) is 0 Å². The van der Waals surface area contributed by atoms with Crippen LogP contribution in [0.4, 0.5) is 0 Å². The fourth-order valence-corrected chi connectivity index (χ4v) is 14.3. The summed E-state index contributed by atoms with van der Waals surface area (Å²) in [6.45, 7) is 38.8. The maximum atomic E-state index is 4.37. The molecule has 1 N–H and O–H groups in total. The van der Waals surface area contributed by atoms with Gasteiger partial charge in [-0.15, -0.1) is 6.58 Å². The molecule has 6 rings (SSSR count). The first-order valence-corrected chi connectivity index (χ1v) is 20.0. The first kappa shape index (κ1) is 36.6. The average Bonchev–Trinajstić information content (AvgIpc) is 3.34. The van der Waals surface area contributed by atoms with Gasteiger partial charge in [0, 0.05) is 43.2 Å². The molecule has 1 heterocycles. The molecule has 6 aliphatic rings. The lowest BCUT2D eigenvalue weighted by Gasteiger charge is -2.82. The molecule has 0 spiro atoms. The summed E-state index contributed by atoms with van der Waals surface area (Å²) in [5.41, 5.74) is 3.15. The van der Waals surface area contributed by atoms with Gasteiger partial charge in [-0.1, -0.05) is 101 Å². The minimum absolute atomic E-state index is 0.266. The molecule has 1 saturated heterocycles. The third-order valence-electron chi connectivity index (χ3n) is 17.4. The van der Waals surface area contributed by atoms with Crippen LogP contribution in [0.2, 0.25) is 0 Å². The van der Waals surface area contributed by atoms with Gasteiger partial charge in [0.15, 0.2) is 0 Å². The Morgan fingerprint density at radius 2 is 1.16 bits per heavy atom. The maximum absolute atomic E-state index is 4.37. The number of hydrogen-bond acceptors (Lipinski definition) is 3. The number of rotatable bonds is 4. The van der Waals surface area contributed by atoms with Crippen LogP contribution in [0.15, 0.2) is 24.8 Å². The van der Waals surface area contributed by atoms with Gasteiger partial charge in [0.2, 0.25) is 0 Å². The maximum Gasteiger partial charge on any atom is 0.0241 e. The molecular formula is C41H74N2S. The van der Waals surface area contributed by atoms with E-state index in [-0.39, 0.29) is 5.41 Å². The van der Waals surface area contributed by atoms with Gasteiger partial charge in [-0.2, -0.15) is 11.8 Å². The van der Waals surface area contributed by atoms with Crippen molar-refractivity contribution in [3.8, 4) is 0 Å². The van der Waals surface area contributed by atoms with Crippen LogP contribution in [-0.4, -0.2) is 48.1 Å². The SMILES string of the molecule is C=CC.CC.CC1(C)C=CCC2(C)[C@@]3(C)CCC4(C)[C@@](C)(CCC5(NCCN6CCSCC6)CCC[C@@]54C)C3(C)CC[C@@]12C. The van der Waals surface area contributed by atoms with Crippen molar-refractivity contribution in [1.29, 1.82) is 0 Å². The Bertz CT molecular complexity index is 1060. The monoisotopic (exact) mass is 627 g/mol. The van der Waals surface area contributed by atoms with Gasteiger partial charge in [0.05, 0.1) is 0 Å². The van der Waals surface area contributed by atoms with Crippen LogP contribution < -0.4 is 5.32 Å². The standard InChI is InChI=1S/C36H62N2S.C3H6.C2H6/c1-28(2)12-10-13-30(4)29(28,3)16-17-32(6)31(30,5)18-19-34(8)33(32,7)20-21-36(15-11-14-35(34,36)9)37-22-23-38-24-26-39-27-25-38;1-3-2;1-2/h10,12,37H,11,13-27H2,1-9H3;3H,1H2,2H3;1-2H3/t29-,30?,31+,32?,33-,34?,35+,36?;;/m0../s1. The predicted molar refractivity (Wildman–Crippen MR) is 198 cm³/mol. The highest BCUT2D eigenvalue weighted by Gasteiger charge is 2.80. The Hall–Kier alpha value is -0.250. The van der Waals surface area contributed by atoms with Crippen molar-refractivity contribution in [1.82, 2.24) is 10.2 Å². The van der Waals surface area contributed by atoms with Crippen molar-refractivity contribution in [3.05, 3.63) is 24.8 Å². The van der Waals surface area contributed by atoms with Crippen LogP contribution in [-0.2, 0) is 0 Å². The van der Waals surface area contributed by atoms with Gasteiger partial charge >= 0.3 is 0 Å². The first-order valence-electron chi connectivity index (χ1n) is 18.8. The minimum Gasteiger partial charge on any atom is -0.309 e. The summed E-state index contributed by atoms with van der Waals surface area (Å²) < 4.78 is 0. The minimum atomic E-state index is 0.266. The highest BCUT2D eigenvalue weighted by molar-refractivity contribution is 7.99. The van der Waals surface area contributed by atoms with Crippen LogP contribution in [0, 0.1) is 43.3 Å². The molecule has 3 heteroatoms. The largest absolute Gasteiger partial charge is 0.309 e. The molecule has 4 unspecified atom stereocenters. The second-order valence-corrected chi connectivity index (χ2v) is 19.1. The zero-order valence-corrected chi connectivity index (χ0v) is 32.4. The molecule has 5 aliphatic carbocycles. The van der Waals surface area contributed by atoms with Gasteiger partial charge in [0.25, 0.3) is 0 Å². The Kier molecular flexibility index (Phi) is 10.2. The smallest absolute Gasteiger partial charge is 0.0241 e. The number of allylic oxidation sites excluding steroid dienone is 3. The molecule has 2 nitrogen and oxygen atoms in total. The number of nitrogens with one attached hydrogen (secondary N) is 1. The van der Waals surface area contributed by atoms with E-state index < -0.39 is 0 Å². The van der Waals surface area contributed by atoms with Crippen LogP contribution in [0.5, 0.6) is 0 Å². The molecule has 0 amide bonds. The fraction of sp³-hybridized carbons (Fsp3) is 0.902. The van der Waals surface area contributed by atoms with Crippen molar-refractivity contribution in [2.24, 2.45) is 43.3 Å². The molecule has 1 aliphatic heterocycles. The van der Waals surface area contributed by atoms with Crippen LogP contribution in [0.25, 0.3) is 0 Å². The van der Waals surface area contributed by atoms with E-state index in [2.05, 4.69) is 103 Å². The fourth-order valence-electron chi connectivity index (χ4n) is 13.4. The van der Waals surface area contributed by atoms with Gasteiger partial charge in [-0.05, 0) is 108 Å². The zero-order chi connectivity index (χ0) is 32.9. The number of hydrogen-bond donors (Lipinski definition) is 1. The van der Waals surface area contributed by atoms with Crippen LogP contribution in [0.1, 0.15) is 147 Å². The van der Waals surface area contributed by atoms with Crippen LogP contribution in [0.3, 0.4) is 0 Å². The Balaban J connectivity index is 0.000000834. The highest BCUT2D eigenvalue weighted by atomic mass is 32.2. The van der Waals surface area contributed by atoms with E-state index in [1.54, 1.807) is 6.08 Å². The lowest BCUT2D eigenvalue weighted by Crippen LogP contribution is -2.77. The molecule has 0 aromatic heterocycles. The van der Waals surface area contributed by atoms with Crippen molar-refractivity contribution in [3.63, 3.8) is 0 Å². The van der Waals surface area contributed by atoms with Crippen molar-refractivity contribution < 1.29 is 0 Å². The number of thioether (sulfide) groups is 1. The van der Waals surface area contributed by atoms with Gasteiger partial charge in [-0.3, -0.25) is 0 Å². The second kappa shape index (κ2) is 12.3. The van der Waals surface area contributed by atoms with Crippen molar-refractivity contribution >= 4 is 11.8 Å². The summed E-state index contributed by atoms with van der Waals surface area (Å²) in [4.78, 5) is 2.72. The zero-order valence-electron chi connectivity index (χ0n) is 31.6. The van der Waals surface area contributed by atoms with E-state index in [4.69, 9.17) is 0 Å². The lowest BCUT2D eigenvalue weighted by atomic mass is 9.22. The predicted octanol–water partition coefficient (Wildman–Crippen LogP) is 11.2. The molecule has 8 atom stereocenters. The Labute approximate surface area is 279 Å². The highest BCUT2D eigenvalue weighted by Crippen LogP contribution is 2.86. The third kappa shape index (κ3) is 4.53.